The molecule has 2 aromatic carbocycles. The first-order valence-electron chi connectivity index (χ1n) is 8.94. The Balaban J connectivity index is 1.70. The molecule has 0 saturated carbocycles. The van der Waals surface area contributed by atoms with Gasteiger partial charge in [-0.1, -0.05) is 23.7 Å². The SMILES string of the molecule is COc1ccc(CN(C)C(=O)C2CC(=O)N(c3cc(Cl)ccc3OC)C2)cc1. The van der Waals surface area contributed by atoms with Gasteiger partial charge in [-0.15, -0.1) is 0 Å². The smallest absolute Gasteiger partial charge is 0.228 e. The number of halogens is 1. The Bertz CT molecular complexity index is 869. The van der Waals surface area contributed by atoms with Crippen LogP contribution in [0.5, 0.6) is 11.5 Å². The Morgan fingerprint density at radius 1 is 1.18 bits per heavy atom. The average Bonchev–Trinajstić information content (AvgIpc) is 3.09. The average molecular weight is 403 g/mol. The molecule has 0 radical (unpaired) electrons. The van der Waals surface area contributed by atoms with Crippen molar-refractivity contribution in [3.05, 3.63) is 53.1 Å². The Labute approximate surface area is 169 Å². The quantitative estimate of drug-likeness (QED) is 0.743. The predicted octanol–water partition coefficient (Wildman–Crippen LogP) is 3.37. The number of anilines is 1. The predicted molar refractivity (Wildman–Crippen MR) is 108 cm³/mol. The van der Waals surface area contributed by atoms with Gasteiger partial charge in [-0.25, -0.2) is 0 Å². The summed E-state index contributed by atoms with van der Waals surface area (Å²) in [7, 11) is 4.90. The summed E-state index contributed by atoms with van der Waals surface area (Å²) in [5.74, 6) is 0.742. The molecule has 3 rings (SSSR count). The lowest BCUT2D eigenvalue weighted by Crippen LogP contribution is -2.34. The summed E-state index contributed by atoms with van der Waals surface area (Å²) in [6.07, 6.45) is 0.168. The van der Waals surface area contributed by atoms with Gasteiger partial charge in [0, 0.05) is 31.6 Å². The van der Waals surface area contributed by atoms with E-state index in [9.17, 15) is 9.59 Å². The van der Waals surface area contributed by atoms with Crippen LogP contribution in [0.4, 0.5) is 5.69 Å². The van der Waals surface area contributed by atoms with Crippen LogP contribution in [-0.4, -0.2) is 44.5 Å². The van der Waals surface area contributed by atoms with Gasteiger partial charge in [0.05, 0.1) is 25.8 Å². The van der Waals surface area contributed by atoms with E-state index in [-0.39, 0.29) is 18.2 Å². The zero-order chi connectivity index (χ0) is 20.3. The van der Waals surface area contributed by atoms with E-state index in [1.807, 2.05) is 24.3 Å². The molecule has 6 nitrogen and oxygen atoms in total. The fourth-order valence-corrected chi connectivity index (χ4v) is 3.54. The van der Waals surface area contributed by atoms with E-state index in [1.165, 1.54) is 0 Å². The van der Waals surface area contributed by atoms with Crippen molar-refractivity contribution in [3.8, 4) is 11.5 Å². The summed E-state index contributed by atoms with van der Waals surface area (Å²) < 4.78 is 10.5. The minimum Gasteiger partial charge on any atom is -0.497 e. The van der Waals surface area contributed by atoms with Gasteiger partial charge in [-0.05, 0) is 35.9 Å². The maximum Gasteiger partial charge on any atom is 0.228 e. The molecule has 1 atom stereocenters. The highest BCUT2D eigenvalue weighted by Crippen LogP contribution is 2.35. The maximum absolute atomic E-state index is 12.9. The van der Waals surface area contributed by atoms with Gasteiger partial charge in [-0.3, -0.25) is 9.59 Å². The fraction of sp³-hybridized carbons (Fsp3) is 0.333. The number of hydrogen-bond acceptors (Lipinski definition) is 4. The second-order valence-electron chi connectivity index (χ2n) is 6.76. The number of rotatable bonds is 6. The van der Waals surface area contributed by atoms with Gasteiger partial charge in [-0.2, -0.15) is 0 Å². The molecule has 1 fully saturated rings. The molecule has 0 aliphatic carbocycles. The van der Waals surface area contributed by atoms with Gasteiger partial charge < -0.3 is 19.3 Å². The number of ether oxygens (including phenoxy) is 2. The highest BCUT2D eigenvalue weighted by atomic mass is 35.5. The standard InChI is InChI=1S/C21H23ClN2O4/c1-23(12-14-4-7-17(27-2)8-5-14)21(26)15-10-20(25)24(13-15)18-11-16(22)6-9-19(18)28-3/h4-9,11,15H,10,12-13H2,1-3H3. The monoisotopic (exact) mass is 402 g/mol. The van der Waals surface area contributed by atoms with E-state index in [0.717, 1.165) is 11.3 Å². The molecule has 0 spiro atoms. The van der Waals surface area contributed by atoms with Crippen LogP contribution >= 0.6 is 11.6 Å². The number of nitrogens with zero attached hydrogens (tertiary/aromatic N) is 2. The summed E-state index contributed by atoms with van der Waals surface area (Å²) in [5, 5.41) is 0.509. The van der Waals surface area contributed by atoms with Gasteiger partial charge in [0.25, 0.3) is 0 Å². The molecule has 0 bridgehead atoms. The maximum atomic E-state index is 12.9. The number of methoxy groups -OCH3 is 2. The molecule has 2 aromatic rings. The molecule has 0 aromatic heterocycles. The van der Waals surface area contributed by atoms with Crippen molar-refractivity contribution in [2.75, 3.05) is 32.7 Å². The van der Waals surface area contributed by atoms with Crippen molar-refractivity contribution in [1.29, 1.82) is 0 Å². The molecule has 28 heavy (non-hydrogen) atoms. The Morgan fingerprint density at radius 3 is 2.54 bits per heavy atom. The van der Waals surface area contributed by atoms with Crippen LogP contribution in [0.3, 0.4) is 0 Å². The summed E-state index contributed by atoms with van der Waals surface area (Å²) in [6.45, 7) is 0.773. The van der Waals surface area contributed by atoms with Crippen molar-refractivity contribution in [1.82, 2.24) is 4.90 Å². The van der Waals surface area contributed by atoms with Crippen LogP contribution in [0.15, 0.2) is 42.5 Å². The van der Waals surface area contributed by atoms with Gasteiger partial charge in [0.2, 0.25) is 11.8 Å². The van der Waals surface area contributed by atoms with Gasteiger partial charge in [0.15, 0.2) is 0 Å². The summed E-state index contributed by atoms with van der Waals surface area (Å²) in [6, 6.07) is 12.7. The number of carbonyl (C=O) groups is 2. The van der Waals surface area contributed by atoms with Crippen LogP contribution < -0.4 is 14.4 Å². The molecule has 1 saturated heterocycles. The van der Waals surface area contributed by atoms with Crippen LogP contribution in [0, 0.1) is 5.92 Å². The lowest BCUT2D eigenvalue weighted by Gasteiger charge is -2.22. The molecule has 148 valence electrons. The van der Waals surface area contributed by atoms with E-state index < -0.39 is 5.92 Å². The molecule has 2 amide bonds. The second-order valence-corrected chi connectivity index (χ2v) is 7.20. The molecule has 0 N–H and O–H groups in total. The van der Waals surface area contributed by atoms with Gasteiger partial charge in [0.1, 0.15) is 11.5 Å². The van der Waals surface area contributed by atoms with E-state index in [4.69, 9.17) is 21.1 Å². The normalized spacial score (nSPS) is 16.2. The van der Waals surface area contributed by atoms with E-state index in [0.29, 0.717) is 29.5 Å². The fourth-order valence-electron chi connectivity index (χ4n) is 3.37. The second kappa shape index (κ2) is 8.52. The topological polar surface area (TPSA) is 59.1 Å². The number of amides is 2. The molecule has 1 aliphatic heterocycles. The first-order chi connectivity index (χ1) is 13.4. The number of benzene rings is 2. The van der Waals surface area contributed by atoms with Crippen molar-refractivity contribution < 1.29 is 19.1 Å². The van der Waals surface area contributed by atoms with E-state index >= 15 is 0 Å². The molecule has 1 heterocycles. The largest absolute Gasteiger partial charge is 0.497 e. The van der Waals surface area contributed by atoms with Crippen LogP contribution in [0.25, 0.3) is 0 Å². The first kappa shape index (κ1) is 20.0. The minimum absolute atomic E-state index is 0.0623. The minimum atomic E-state index is -0.403. The highest BCUT2D eigenvalue weighted by Gasteiger charge is 2.37. The Hall–Kier alpha value is -2.73. The van der Waals surface area contributed by atoms with E-state index in [1.54, 1.807) is 49.3 Å². The van der Waals surface area contributed by atoms with Crippen molar-refractivity contribution in [3.63, 3.8) is 0 Å². The number of hydrogen-bond donors (Lipinski definition) is 0. The lowest BCUT2D eigenvalue weighted by molar-refractivity contribution is -0.135. The third kappa shape index (κ3) is 4.22. The van der Waals surface area contributed by atoms with Crippen LogP contribution in [0.1, 0.15) is 12.0 Å². The Morgan fingerprint density at radius 2 is 1.89 bits per heavy atom. The number of carbonyl (C=O) groups excluding carboxylic acids is 2. The van der Waals surface area contributed by atoms with Crippen molar-refractivity contribution >= 4 is 29.1 Å². The lowest BCUT2D eigenvalue weighted by atomic mass is 10.1. The van der Waals surface area contributed by atoms with E-state index in [2.05, 4.69) is 0 Å². The third-order valence-electron chi connectivity index (χ3n) is 4.86. The molecule has 7 heteroatoms. The third-order valence-corrected chi connectivity index (χ3v) is 5.10. The highest BCUT2D eigenvalue weighted by molar-refractivity contribution is 6.31. The molecular formula is C21H23ClN2O4. The molecular weight excluding hydrogens is 380 g/mol. The van der Waals surface area contributed by atoms with Crippen LogP contribution in [0.2, 0.25) is 5.02 Å². The summed E-state index contributed by atoms with van der Waals surface area (Å²) >= 11 is 6.08. The molecule has 1 aliphatic rings. The zero-order valence-corrected chi connectivity index (χ0v) is 16.9. The Kier molecular flexibility index (Phi) is 6.09. The van der Waals surface area contributed by atoms with Gasteiger partial charge >= 0.3 is 0 Å². The summed E-state index contributed by atoms with van der Waals surface area (Å²) in [4.78, 5) is 28.7. The van der Waals surface area contributed by atoms with Crippen molar-refractivity contribution in [2.45, 2.75) is 13.0 Å². The first-order valence-corrected chi connectivity index (χ1v) is 9.32. The zero-order valence-electron chi connectivity index (χ0n) is 16.1. The van der Waals surface area contributed by atoms with Crippen molar-refractivity contribution in [2.24, 2.45) is 5.92 Å². The molecule has 1 unspecified atom stereocenters. The van der Waals surface area contributed by atoms with Crippen LogP contribution in [-0.2, 0) is 16.1 Å². The summed E-state index contributed by atoms with van der Waals surface area (Å²) in [5.41, 5.74) is 1.59.